The van der Waals surface area contributed by atoms with Gasteiger partial charge in [0.2, 0.25) is 0 Å². The molecule has 108 valence electrons. The van der Waals surface area contributed by atoms with Crippen molar-refractivity contribution in [2.24, 2.45) is 0 Å². The van der Waals surface area contributed by atoms with Crippen LogP contribution in [-0.4, -0.2) is 22.6 Å². The third kappa shape index (κ3) is 3.91. The Morgan fingerprint density at radius 1 is 1.43 bits per heavy atom. The first-order valence-electron chi connectivity index (χ1n) is 6.55. The molecular weight excluding hydrogens is 284 g/mol. The number of aliphatic hydroxyl groups is 1. The van der Waals surface area contributed by atoms with Crippen molar-refractivity contribution in [3.8, 4) is 11.8 Å². The zero-order valence-electron chi connectivity index (χ0n) is 11.9. The summed E-state index contributed by atoms with van der Waals surface area (Å²) in [6.07, 6.45) is 2.05. The number of aromatic nitrogens is 1. The summed E-state index contributed by atoms with van der Waals surface area (Å²) in [7, 11) is 0. The van der Waals surface area contributed by atoms with Crippen LogP contribution in [0.15, 0.2) is 24.4 Å². The number of hydrogen-bond acceptors (Lipinski definition) is 4. The molecule has 2 aromatic rings. The number of aliphatic hydroxyl groups excluding tert-OH is 1. The molecule has 0 aliphatic carbocycles. The zero-order valence-corrected chi connectivity index (χ0v) is 12.8. The van der Waals surface area contributed by atoms with Gasteiger partial charge >= 0.3 is 0 Å². The fourth-order valence-corrected chi connectivity index (χ4v) is 2.44. The predicted octanol–water partition coefficient (Wildman–Crippen LogP) is 2.75. The SMILES string of the molecule is Cc1cccc(C(=O)Nc2ncc(C#CCCO)s2)c1C. The highest BCUT2D eigenvalue weighted by atomic mass is 32.1. The second-order valence-corrected chi connectivity index (χ2v) is 5.54. The van der Waals surface area contributed by atoms with Gasteiger partial charge < -0.3 is 5.11 Å². The van der Waals surface area contributed by atoms with Crippen LogP contribution in [0.5, 0.6) is 0 Å². The van der Waals surface area contributed by atoms with E-state index in [4.69, 9.17) is 5.11 Å². The smallest absolute Gasteiger partial charge is 0.257 e. The van der Waals surface area contributed by atoms with Crippen LogP contribution in [-0.2, 0) is 0 Å². The van der Waals surface area contributed by atoms with Gasteiger partial charge in [-0.2, -0.15) is 0 Å². The fourth-order valence-electron chi connectivity index (χ4n) is 1.76. The van der Waals surface area contributed by atoms with Gasteiger partial charge in [-0.1, -0.05) is 35.3 Å². The number of benzene rings is 1. The average Bonchev–Trinajstić information content (AvgIpc) is 2.89. The third-order valence-corrected chi connectivity index (χ3v) is 3.85. The van der Waals surface area contributed by atoms with Crippen molar-refractivity contribution in [1.82, 2.24) is 4.98 Å². The highest BCUT2D eigenvalue weighted by molar-refractivity contribution is 7.16. The maximum Gasteiger partial charge on any atom is 0.257 e. The summed E-state index contributed by atoms with van der Waals surface area (Å²) in [6, 6.07) is 5.64. The van der Waals surface area contributed by atoms with Crippen molar-refractivity contribution in [2.45, 2.75) is 20.3 Å². The number of anilines is 1. The lowest BCUT2D eigenvalue weighted by molar-refractivity contribution is 0.102. The second-order valence-electron chi connectivity index (χ2n) is 4.51. The van der Waals surface area contributed by atoms with Crippen LogP contribution in [0.4, 0.5) is 5.13 Å². The topological polar surface area (TPSA) is 62.2 Å². The lowest BCUT2D eigenvalue weighted by atomic mass is 10.0. The van der Waals surface area contributed by atoms with Crippen LogP contribution >= 0.6 is 11.3 Å². The van der Waals surface area contributed by atoms with Gasteiger partial charge in [0.25, 0.3) is 5.91 Å². The Morgan fingerprint density at radius 3 is 3.00 bits per heavy atom. The molecule has 2 N–H and O–H groups in total. The molecule has 0 radical (unpaired) electrons. The Morgan fingerprint density at radius 2 is 2.24 bits per heavy atom. The van der Waals surface area contributed by atoms with Gasteiger partial charge in [0.15, 0.2) is 5.13 Å². The number of nitrogens with one attached hydrogen (secondary N) is 1. The molecule has 0 spiro atoms. The first-order chi connectivity index (χ1) is 10.1. The number of rotatable bonds is 3. The van der Waals surface area contributed by atoms with E-state index in [1.807, 2.05) is 26.0 Å². The summed E-state index contributed by atoms with van der Waals surface area (Å²) in [6.45, 7) is 3.95. The number of amides is 1. The Labute approximate surface area is 127 Å². The molecule has 2 rings (SSSR count). The van der Waals surface area contributed by atoms with Crippen molar-refractivity contribution < 1.29 is 9.90 Å². The van der Waals surface area contributed by atoms with E-state index in [9.17, 15) is 4.79 Å². The molecule has 0 bridgehead atoms. The van der Waals surface area contributed by atoms with Crippen LogP contribution in [0.1, 0.15) is 32.8 Å². The molecule has 0 unspecified atom stereocenters. The number of hydrogen-bond donors (Lipinski definition) is 2. The quantitative estimate of drug-likeness (QED) is 0.857. The van der Waals surface area contributed by atoms with Gasteiger partial charge in [-0.25, -0.2) is 4.98 Å². The molecule has 0 saturated carbocycles. The van der Waals surface area contributed by atoms with E-state index in [0.717, 1.165) is 16.0 Å². The van der Waals surface area contributed by atoms with Crippen molar-refractivity contribution >= 4 is 22.4 Å². The van der Waals surface area contributed by atoms with Crippen LogP contribution in [0.25, 0.3) is 0 Å². The molecule has 1 heterocycles. The highest BCUT2D eigenvalue weighted by Gasteiger charge is 2.12. The number of nitrogens with zero attached hydrogens (tertiary/aromatic N) is 1. The molecular formula is C16H16N2O2S. The molecule has 1 aromatic heterocycles. The van der Waals surface area contributed by atoms with E-state index in [-0.39, 0.29) is 12.5 Å². The van der Waals surface area contributed by atoms with Crippen molar-refractivity contribution in [3.63, 3.8) is 0 Å². The molecule has 1 aromatic carbocycles. The summed E-state index contributed by atoms with van der Waals surface area (Å²) >= 11 is 1.32. The molecule has 0 saturated heterocycles. The predicted molar refractivity (Wildman–Crippen MR) is 84.6 cm³/mol. The Balaban J connectivity index is 2.10. The summed E-state index contributed by atoms with van der Waals surface area (Å²) < 4.78 is 0. The van der Waals surface area contributed by atoms with Crippen LogP contribution in [0.3, 0.4) is 0 Å². The lowest BCUT2D eigenvalue weighted by Gasteiger charge is -2.07. The highest BCUT2D eigenvalue weighted by Crippen LogP contribution is 2.19. The molecule has 0 atom stereocenters. The average molecular weight is 300 g/mol. The summed E-state index contributed by atoms with van der Waals surface area (Å²) in [5.74, 6) is 5.55. The Kier molecular flexibility index (Phi) is 5.09. The van der Waals surface area contributed by atoms with Gasteiger partial charge in [-0.15, -0.1) is 0 Å². The minimum absolute atomic E-state index is 0.0437. The molecule has 0 fully saturated rings. The van der Waals surface area contributed by atoms with Crippen molar-refractivity contribution in [1.29, 1.82) is 0 Å². The molecule has 5 heteroatoms. The van der Waals surface area contributed by atoms with E-state index in [1.54, 1.807) is 12.3 Å². The number of carbonyl (C=O) groups is 1. The van der Waals surface area contributed by atoms with E-state index in [1.165, 1.54) is 11.3 Å². The van der Waals surface area contributed by atoms with Crippen molar-refractivity contribution in [2.75, 3.05) is 11.9 Å². The van der Waals surface area contributed by atoms with Gasteiger partial charge in [0.05, 0.1) is 17.7 Å². The summed E-state index contributed by atoms with van der Waals surface area (Å²) in [5.41, 5.74) is 2.70. The van der Waals surface area contributed by atoms with E-state index < -0.39 is 0 Å². The maximum atomic E-state index is 12.2. The van der Waals surface area contributed by atoms with Crippen molar-refractivity contribution in [3.05, 3.63) is 46.0 Å². The normalized spacial score (nSPS) is 9.86. The molecule has 0 aliphatic rings. The second kappa shape index (κ2) is 7.02. The fraction of sp³-hybridized carbons (Fsp3) is 0.250. The molecule has 21 heavy (non-hydrogen) atoms. The Hall–Kier alpha value is -2.16. The molecule has 4 nitrogen and oxygen atoms in total. The van der Waals surface area contributed by atoms with Crippen LogP contribution in [0.2, 0.25) is 0 Å². The summed E-state index contributed by atoms with van der Waals surface area (Å²) in [5, 5.41) is 12.0. The maximum absolute atomic E-state index is 12.2. The van der Waals surface area contributed by atoms with E-state index in [2.05, 4.69) is 22.1 Å². The van der Waals surface area contributed by atoms with Crippen LogP contribution in [0, 0.1) is 25.7 Å². The number of carbonyl (C=O) groups excluding carboxylic acids is 1. The third-order valence-electron chi connectivity index (χ3n) is 3.02. The minimum Gasteiger partial charge on any atom is -0.395 e. The van der Waals surface area contributed by atoms with Gasteiger partial charge in [-0.05, 0) is 31.0 Å². The van der Waals surface area contributed by atoms with Gasteiger partial charge in [-0.3, -0.25) is 10.1 Å². The number of aryl methyl sites for hydroxylation is 1. The first-order valence-corrected chi connectivity index (χ1v) is 7.36. The van der Waals surface area contributed by atoms with Crippen LogP contribution < -0.4 is 5.32 Å². The Bertz CT molecular complexity index is 711. The summed E-state index contributed by atoms with van der Waals surface area (Å²) in [4.78, 5) is 17.1. The standard InChI is InChI=1S/C16H16N2O2S/c1-11-6-5-8-14(12(11)2)15(20)18-16-17-10-13(21-16)7-3-4-9-19/h5-6,8,10,19H,4,9H2,1-2H3,(H,17,18,20). The largest absolute Gasteiger partial charge is 0.395 e. The monoisotopic (exact) mass is 300 g/mol. The van der Waals surface area contributed by atoms with E-state index in [0.29, 0.717) is 17.1 Å². The lowest BCUT2D eigenvalue weighted by Crippen LogP contribution is -2.13. The van der Waals surface area contributed by atoms with Gasteiger partial charge in [0, 0.05) is 12.0 Å². The minimum atomic E-state index is -0.166. The van der Waals surface area contributed by atoms with E-state index >= 15 is 0 Å². The van der Waals surface area contributed by atoms with Gasteiger partial charge in [0.1, 0.15) is 0 Å². The molecule has 1 amide bonds. The zero-order chi connectivity index (χ0) is 15.2. The first kappa shape index (κ1) is 15.2. The molecule has 0 aliphatic heterocycles. The number of thiazole rings is 1.